The van der Waals surface area contributed by atoms with E-state index in [9.17, 15) is 0 Å². The minimum atomic E-state index is 0.206. The highest BCUT2D eigenvalue weighted by Gasteiger charge is 2.30. The maximum Gasteiger partial charge on any atom is 0.132 e. The van der Waals surface area contributed by atoms with Crippen LogP contribution in [-0.2, 0) is 0 Å². The number of rotatable bonds is 11. The molecule has 0 radical (unpaired) electrons. The van der Waals surface area contributed by atoms with Gasteiger partial charge in [-0.1, -0.05) is 116 Å². The molecule has 1 saturated carbocycles. The Labute approximate surface area is 221 Å². The fraction of sp³-hybridized carbons (Fsp3) is 0.500. The van der Waals surface area contributed by atoms with E-state index in [0.717, 1.165) is 18.2 Å². The molecule has 1 aliphatic carbocycles. The monoisotopic (exact) mass is 532 g/mol. The zero-order valence-electron chi connectivity index (χ0n) is 21.5. The van der Waals surface area contributed by atoms with E-state index in [-0.39, 0.29) is 11.8 Å². The second-order valence-electron chi connectivity index (χ2n) is 10.5. The smallest absolute Gasteiger partial charge is 0.132 e. The normalized spacial score (nSPS) is 20.0. The molecule has 1 fully saturated rings. The summed E-state index contributed by atoms with van der Waals surface area (Å²) in [5.41, 5.74) is 3.99. The van der Waals surface area contributed by atoms with Crippen molar-refractivity contribution in [1.29, 1.82) is 0 Å². The quantitative estimate of drug-likeness (QED) is 0.181. The first-order valence-electron chi connectivity index (χ1n) is 13.7. The van der Waals surface area contributed by atoms with Crippen molar-refractivity contribution in [3.05, 3.63) is 95.6 Å². The van der Waals surface area contributed by atoms with Crippen LogP contribution in [0, 0.1) is 5.92 Å². The maximum atomic E-state index is 5.03. The summed E-state index contributed by atoms with van der Waals surface area (Å²) in [6.07, 6.45) is 16.1. The zero-order chi connectivity index (χ0) is 24.5. The van der Waals surface area contributed by atoms with E-state index in [0.29, 0.717) is 10.7 Å². The Morgan fingerprint density at radius 1 is 0.829 bits per heavy atom. The SMILES string of the molecule is CCCCCC1CCC(c2cnc(C(CC(C)Br)C(c3ccccc3)c3ccccc3)nc2)CC1. The summed E-state index contributed by atoms with van der Waals surface area (Å²) in [7, 11) is 0. The fourth-order valence-corrected chi connectivity index (χ4v) is 6.34. The van der Waals surface area contributed by atoms with E-state index in [1.807, 2.05) is 0 Å². The van der Waals surface area contributed by atoms with Crippen molar-refractivity contribution in [2.24, 2.45) is 5.92 Å². The van der Waals surface area contributed by atoms with Gasteiger partial charge in [0.05, 0.1) is 0 Å². The van der Waals surface area contributed by atoms with Crippen molar-refractivity contribution in [3.8, 4) is 0 Å². The van der Waals surface area contributed by atoms with Crippen LogP contribution in [0.2, 0.25) is 0 Å². The van der Waals surface area contributed by atoms with Gasteiger partial charge < -0.3 is 0 Å². The Kier molecular flexibility index (Phi) is 9.94. The molecular weight excluding hydrogens is 492 g/mol. The van der Waals surface area contributed by atoms with E-state index >= 15 is 0 Å². The Morgan fingerprint density at radius 3 is 1.91 bits per heavy atom. The van der Waals surface area contributed by atoms with Gasteiger partial charge in [0.1, 0.15) is 5.82 Å². The van der Waals surface area contributed by atoms with Crippen LogP contribution in [0.25, 0.3) is 0 Å². The molecular formula is C32H41BrN2. The molecule has 0 aliphatic heterocycles. The molecule has 1 aliphatic rings. The number of benzene rings is 2. The van der Waals surface area contributed by atoms with Gasteiger partial charge in [-0.3, -0.25) is 0 Å². The number of alkyl halides is 1. The molecule has 0 saturated heterocycles. The van der Waals surface area contributed by atoms with Crippen LogP contribution < -0.4 is 0 Å². The van der Waals surface area contributed by atoms with Gasteiger partial charge in [0.15, 0.2) is 0 Å². The third-order valence-electron chi connectivity index (χ3n) is 7.86. The summed E-state index contributed by atoms with van der Waals surface area (Å²) in [6.45, 7) is 4.53. The molecule has 2 aromatic carbocycles. The van der Waals surface area contributed by atoms with Crippen LogP contribution in [0.5, 0.6) is 0 Å². The summed E-state index contributed by atoms with van der Waals surface area (Å²) in [5.74, 6) is 2.95. The fourth-order valence-electron chi connectivity index (χ4n) is 5.94. The van der Waals surface area contributed by atoms with Crippen LogP contribution >= 0.6 is 15.9 Å². The van der Waals surface area contributed by atoms with Crippen molar-refractivity contribution in [1.82, 2.24) is 9.97 Å². The molecule has 0 amide bonds. The van der Waals surface area contributed by atoms with Gasteiger partial charge in [-0.2, -0.15) is 0 Å². The second kappa shape index (κ2) is 13.3. The minimum Gasteiger partial charge on any atom is -0.241 e. The molecule has 4 rings (SSSR count). The highest BCUT2D eigenvalue weighted by atomic mass is 79.9. The average Bonchev–Trinajstić information content (AvgIpc) is 2.90. The van der Waals surface area contributed by atoms with Gasteiger partial charge in [0.2, 0.25) is 0 Å². The molecule has 2 atom stereocenters. The zero-order valence-corrected chi connectivity index (χ0v) is 23.0. The molecule has 35 heavy (non-hydrogen) atoms. The molecule has 2 nitrogen and oxygen atoms in total. The summed E-state index contributed by atoms with van der Waals surface area (Å²) < 4.78 is 0. The minimum absolute atomic E-state index is 0.206. The molecule has 2 unspecified atom stereocenters. The van der Waals surface area contributed by atoms with Gasteiger partial charge in [0.25, 0.3) is 0 Å². The molecule has 186 valence electrons. The highest BCUT2D eigenvalue weighted by molar-refractivity contribution is 9.09. The molecule has 1 aromatic heterocycles. The molecule has 3 aromatic rings. The number of hydrogen-bond acceptors (Lipinski definition) is 2. The molecule has 0 spiro atoms. The Bertz CT molecular complexity index is 940. The standard InChI is InChI=1S/C32H41BrN2/c1-3-4-7-12-25-17-19-26(20-18-25)29-22-34-32(35-23-29)30(21-24(2)33)31(27-13-8-5-9-14-27)28-15-10-6-11-16-28/h5-6,8-11,13-16,22-26,30-31H,3-4,7,12,17-21H2,1-2H3. The summed E-state index contributed by atoms with van der Waals surface area (Å²) in [5, 5.41) is 0. The third-order valence-corrected chi connectivity index (χ3v) is 8.23. The van der Waals surface area contributed by atoms with Gasteiger partial charge >= 0.3 is 0 Å². The molecule has 0 bridgehead atoms. The molecule has 3 heteroatoms. The molecule has 1 heterocycles. The second-order valence-corrected chi connectivity index (χ2v) is 12.1. The predicted octanol–water partition coefficient (Wildman–Crippen LogP) is 9.42. The summed E-state index contributed by atoms with van der Waals surface area (Å²) in [6, 6.07) is 21.7. The van der Waals surface area contributed by atoms with Crippen molar-refractivity contribution in [3.63, 3.8) is 0 Å². The Hall–Kier alpha value is -2.00. The number of aromatic nitrogens is 2. The number of unbranched alkanes of at least 4 members (excludes halogenated alkanes) is 2. The van der Waals surface area contributed by atoms with Crippen molar-refractivity contribution in [2.75, 3.05) is 0 Å². The van der Waals surface area contributed by atoms with Gasteiger partial charge in [-0.05, 0) is 60.6 Å². The lowest BCUT2D eigenvalue weighted by atomic mass is 9.77. The van der Waals surface area contributed by atoms with E-state index in [1.54, 1.807) is 0 Å². The van der Waals surface area contributed by atoms with Crippen LogP contribution in [-0.4, -0.2) is 14.8 Å². The Balaban J connectivity index is 1.54. The van der Waals surface area contributed by atoms with Crippen molar-refractivity contribution in [2.45, 2.75) is 94.2 Å². The first-order valence-corrected chi connectivity index (χ1v) is 14.6. The first kappa shape index (κ1) is 26.1. The van der Waals surface area contributed by atoms with Gasteiger partial charge in [0, 0.05) is 29.1 Å². The van der Waals surface area contributed by atoms with E-state index in [2.05, 4.69) is 103 Å². The lowest BCUT2D eigenvalue weighted by Crippen LogP contribution is -2.19. The van der Waals surface area contributed by atoms with E-state index in [1.165, 1.54) is 68.1 Å². The average molecular weight is 534 g/mol. The van der Waals surface area contributed by atoms with Crippen LogP contribution in [0.15, 0.2) is 73.1 Å². The maximum absolute atomic E-state index is 5.03. The van der Waals surface area contributed by atoms with Crippen molar-refractivity contribution >= 4 is 15.9 Å². The third kappa shape index (κ3) is 7.26. The number of halogens is 1. The molecule has 0 N–H and O–H groups in total. The van der Waals surface area contributed by atoms with Crippen LogP contribution in [0.4, 0.5) is 0 Å². The Morgan fingerprint density at radius 2 is 1.40 bits per heavy atom. The summed E-state index contributed by atoms with van der Waals surface area (Å²) in [4.78, 5) is 10.4. The van der Waals surface area contributed by atoms with Crippen LogP contribution in [0.3, 0.4) is 0 Å². The van der Waals surface area contributed by atoms with Gasteiger partial charge in [-0.25, -0.2) is 9.97 Å². The lowest BCUT2D eigenvalue weighted by molar-refractivity contribution is 0.302. The van der Waals surface area contributed by atoms with E-state index in [4.69, 9.17) is 9.97 Å². The highest BCUT2D eigenvalue weighted by Crippen LogP contribution is 2.42. The first-order chi connectivity index (χ1) is 17.2. The predicted molar refractivity (Wildman–Crippen MR) is 151 cm³/mol. The van der Waals surface area contributed by atoms with E-state index < -0.39 is 0 Å². The van der Waals surface area contributed by atoms with Crippen molar-refractivity contribution < 1.29 is 0 Å². The van der Waals surface area contributed by atoms with Crippen LogP contribution in [0.1, 0.15) is 112 Å². The summed E-state index contributed by atoms with van der Waals surface area (Å²) >= 11 is 3.84. The van der Waals surface area contributed by atoms with Gasteiger partial charge in [-0.15, -0.1) is 0 Å². The topological polar surface area (TPSA) is 25.8 Å². The number of hydrogen-bond donors (Lipinski definition) is 0. The lowest BCUT2D eigenvalue weighted by Gasteiger charge is -2.30. The number of nitrogens with zero attached hydrogens (tertiary/aromatic N) is 2. The largest absolute Gasteiger partial charge is 0.241 e.